The van der Waals surface area contributed by atoms with Crippen LogP contribution in [0.25, 0.3) is 0 Å². The van der Waals surface area contributed by atoms with Gasteiger partial charge in [0, 0.05) is 6.42 Å². The molecule has 3 rings (SSSR count). The van der Waals surface area contributed by atoms with Crippen LogP contribution >= 0.6 is 0 Å². The third-order valence-electron chi connectivity index (χ3n) is 5.07. The fourth-order valence-corrected chi connectivity index (χ4v) is 3.23. The second-order valence-corrected chi connectivity index (χ2v) is 7.30. The molecule has 0 aliphatic carbocycles. The first-order valence-corrected chi connectivity index (χ1v) is 10.3. The minimum atomic E-state index is -0.518. The van der Waals surface area contributed by atoms with Gasteiger partial charge in [0.15, 0.2) is 0 Å². The summed E-state index contributed by atoms with van der Waals surface area (Å²) in [7, 11) is 0. The van der Waals surface area contributed by atoms with Gasteiger partial charge in [-0.25, -0.2) is 0 Å². The zero-order valence-corrected chi connectivity index (χ0v) is 17.0. The fraction of sp³-hybridized carbons (Fsp3) is 0.308. The molecule has 0 unspecified atom stereocenters. The zero-order chi connectivity index (χ0) is 20.3. The lowest BCUT2D eigenvalue weighted by molar-refractivity contribution is -0.0377. The van der Waals surface area contributed by atoms with Gasteiger partial charge in [-0.2, -0.15) is 0 Å². The van der Waals surface area contributed by atoms with Gasteiger partial charge in [0.25, 0.3) is 0 Å². The average Bonchev–Trinajstić information content (AvgIpc) is 2.78. The van der Waals surface area contributed by atoms with Crippen LogP contribution in [-0.2, 0) is 24.2 Å². The van der Waals surface area contributed by atoms with Crippen molar-refractivity contribution in [3.05, 3.63) is 102 Å². The van der Waals surface area contributed by atoms with Crippen molar-refractivity contribution in [3.63, 3.8) is 0 Å². The first-order valence-electron chi connectivity index (χ1n) is 10.3. The SMILES string of the molecule is C[C@H](OCc1ccccc1)[C@@H](O)CCc1ccccc1OCCc1ccccc1. The standard InChI is InChI=1S/C26H30O3/c1-21(29-20-23-12-6-3-7-13-23)25(27)17-16-24-14-8-9-15-26(24)28-19-18-22-10-4-2-5-11-22/h2-15,21,25,27H,16-20H2,1H3/t21-,25-/m0/s1. The van der Waals surface area contributed by atoms with E-state index in [1.165, 1.54) is 5.56 Å². The van der Waals surface area contributed by atoms with E-state index in [1.54, 1.807) is 0 Å². The molecular formula is C26H30O3. The molecule has 0 saturated heterocycles. The fourth-order valence-electron chi connectivity index (χ4n) is 3.23. The molecule has 0 radical (unpaired) electrons. The van der Waals surface area contributed by atoms with Crippen LogP contribution in [0.5, 0.6) is 5.75 Å². The molecule has 3 aromatic carbocycles. The second kappa shape index (κ2) is 11.4. The van der Waals surface area contributed by atoms with Crippen molar-refractivity contribution in [2.24, 2.45) is 0 Å². The van der Waals surface area contributed by atoms with E-state index in [2.05, 4.69) is 18.2 Å². The lowest BCUT2D eigenvalue weighted by Crippen LogP contribution is -2.26. The van der Waals surface area contributed by atoms with E-state index in [0.717, 1.165) is 29.7 Å². The smallest absolute Gasteiger partial charge is 0.122 e. The highest BCUT2D eigenvalue weighted by Crippen LogP contribution is 2.21. The van der Waals surface area contributed by atoms with E-state index in [-0.39, 0.29) is 6.10 Å². The molecule has 0 saturated carbocycles. The maximum Gasteiger partial charge on any atom is 0.122 e. The van der Waals surface area contributed by atoms with Crippen molar-refractivity contribution in [2.45, 2.75) is 45.0 Å². The summed E-state index contributed by atoms with van der Waals surface area (Å²) in [5.74, 6) is 0.897. The molecular weight excluding hydrogens is 360 g/mol. The number of aliphatic hydroxyl groups excluding tert-OH is 1. The molecule has 0 amide bonds. The van der Waals surface area contributed by atoms with Crippen molar-refractivity contribution >= 4 is 0 Å². The van der Waals surface area contributed by atoms with Crippen LogP contribution in [0.3, 0.4) is 0 Å². The molecule has 3 nitrogen and oxygen atoms in total. The molecule has 0 aliphatic rings. The van der Waals surface area contributed by atoms with Crippen molar-refractivity contribution in [1.29, 1.82) is 0 Å². The molecule has 0 spiro atoms. The summed E-state index contributed by atoms with van der Waals surface area (Å²) in [6.45, 7) is 3.08. The second-order valence-electron chi connectivity index (χ2n) is 7.30. The van der Waals surface area contributed by atoms with Gasteiger partial charge >= 0.3 is 0 Å². The number of rotatable bonds is 11. The molecule has 0 aliphatic heterocycles. The van der Waals surface area contributed by atoms with E-state index < -0.39 is 6.10 Å². The molecule has 0 aromatic heterocycles. The van der Waals surface area contributed by atoms with Crippen LogP contribution in [0.15, 0.2) is 84.9 Å². The molecule has 0 heterocycles. The van der Waals surface area contributed by atoms with E-state index in [9.17, 15) is 5.11 Å². The van der Waals surface area contributed by atoms with E-state index in [0.29, 0.717) is 19.6 Å². The topological polar surface area (TPSA) is 38.7 Å². The van der Waals surface area contributed by atoms with Gasteiger partial charge in [-0.05, 0) is 42.5 Å². The van der Waals surface area contributed by atoms with Crippen LogP contribution in [-0.4, -0.2) is 23.9 Å². The quantitative estimate of drug-likeness (QED) is 0.489. The van der Waals surface area contributed by atoms with Crippen molar-refractivity contribution < 1.29 is 14.6 Å². The van der Waals surface area contributed by atoms with Crippen molar-refractivity contribution in [1.82, 2.24) is 0 Å². The van der Waals surface area contributed by atoms with E-state index in [1.807, 2.05) is 73.7 Å². The lowest BCUT2D eigenvalue weighted by Gasteiger charge is -2.20. The number of para-hydroxylation sites is 1. The van der Waals surface area contributed by atoms with E-state index >= 15 is 0 Å². The van der Waals surface area contributed by atoms with Gasteiger partial charge in [-0.15, -0.1) is 0 Å². The number of aryl methyl sites for hydroxylation is 1. The minimum absolute atomic E-state index is 0.221. The molecule has 152 valence electrons. The van der Waals surface area contributed by atoms with Crippen LogP contribution in [0, 0.1) is 0 Å². The van der Waals surface area contributed by atoms with Crippen LogP contribution in [0.4, 0.5) is 0 Å². The summed E-state index contributed by atoms with van der Waals surface area (Å²) < 4.78 is 11.9. The van der Waals surface area contributed by atoms with Crippen molar-refractivity contribution in [2.75, 3.05) is 6.61 Å². The lowest BCUT2D eigenvalue weighted by atomic mass is 10.0. The monoisotopic (exact) mass is 390 g/mol. The number of hydrogen-bond donors (Lipinski definition) is 1. The molecule has 3 aromatic rings. The molecule has 2 atom stereocenters. The largest absolute Gasteiger partial charge is 0.493 e. The van der Waals surface area contributed by atoms with Crippen LogP contribution < -0.4 is 4.74 Å². The molecule has 3 heteroatoms. The molecule has 1 N–H and O–H groups in total. The molecule has 0 bridgehead atoms. The van der Waals surface area contributed by atoms with E-state index in [4.69, 9.17) is 9.47 Å². The van der Waals surface area contributed by atoms with Crippen LogP contribution in [0.2, 0.25) is 0 Å². The summed E-state index contributed by atoms with van der Waals surface area (Å²) >= 11 is 0. The van der Waals surface area contributed by atoms with Gasteiger partial charge < -0.3 is 14.6 Å². The van der Waals surface area contributed by atoms with Gasteiger partial charge in [-0.3, -0.25) is 0 Å². The maximum atomic E-state index is 10.5. The predicted octanol–water partition coefficient (Wildman–Crippen LogP) is 5.21. The Balaban J connectivity index is 1.45. The Morgan fingerprint density at radius 1 is 0.759 bits per heavy atom. The summed E-state index contributed by atoms with van der Waals surface area (Å²) in [5, 5.41) is 10.5. The average molecular weight is 391 g/mol. The highest BCUT2D eigenvalue weighted by molar-refractivity contribution is 5.33. The molecule has 0 fully saturated rings. The number of aliphatic hydroxyl groups is 1. The Morgan fingerprint density at radius 3 is 2.10 bits per heavy atom. The summed E-state index contributed by atoms with van der Waals surface area (Å²) in [5.41, 5.74) is 3.50. The third kappa shape index (κ3) is 7.04. The summed E-state index contributed by atoms with van der Waals surface area (Å²) in [4.78, 5) is 0. The van der Waals surface area contributed by atoms with Crippen molar-refractivity contribution in [3.8, 4) is 5.75 Å². The number of hydrogen-bond acceptors (Lipinski definition) is 3. The van der Waals surface area contributed by atoms with Gasteiger partial charge in [0.2, 0.25) is 0 Å². The summed E-state index contributed by atoms with van der Waals surface area (Å²) in [6.07, 6.45) is 1.52. The first-order chi connectivity index (χ1) is 14.2. The minimum Gasteiger partial charge on any atom is -0.493 e. The number of benzene rings is 3. The Hall–Kier alpha value is -2.62. The highest BCUT2D eigenvalue weighted by Gasteiger charge is 2.16. The Morgan fingerprint density at radius 2 is 1.38 bits per heavy atom. The highest BCUT2D eigenvalue weighted by atomic mass is 16.5. The Kier molecular flexibility index (Phi) is 8.29. The van der Waals surface area contributed by atoms with Crippen LogP contribution in [0.1, 0.15) is 30.0 Å². The third-order valence-corrected chi connectivity index (χ3v) is 5.07. The Labute approximate surface area is 173 Å². The van der Waals surface area contributed by atoms with Gasteiger partial charge in [0.1, 0.15) is 5.75 Å². The van der Waals surface area contributed by atoms with Gasteiger partial charge in [0.05, 0.1) is 25.4 Å². The van der Waals surface area contributed by atoms with Gasteiger partial charge in [-0.1, -0.05) is 78.9 Å². The zero-order valence-electron chi connectivity index (χ0n) is 17.0. The molecule has 29 heavy (non-hydrogen) atoms. The maximum absolute atomic E-state index is 10.5. The Bertz CT molecular complexity index is 833. The first kappa shape index (κ1) is 21.1. The predicted molar refractivity (Wildman–Crippen MR) is 117 cm³/mol. The number of ether oxygens (including phenoxy) is 2. The normalized spacial score (nSPS) is 13.0. The summed E-state index contributed by atoms with van der Waals surface area (Å²) in [6, 6.07) is 28.5.